The highest BCUT2D eigenvalue weighted by molar-refractivity contribution is 5.59. The molecule has 0 amide bonds. The van der Waals surface area contributed by atoms with Crippen LogP contribution in [0.25, 0.3) is 0 Å². The normalized spacial score (nSPS) is 16.4. The van der Waals surface area contributed by atoms with E-state index in [4.69, 9.17) is 10.5 Å². The van der Waals surface area contributed by atoms with E-state index in [-0.39, 0.29) is 12.1 Å². The maximum atomic E-state index is 6.30. The van der Waals surface area contributed by atoms with Gasteiger partial charge in [-0.15, -0.1) is 0 Å². The average molecular weight is 282 g/mol. The topological polar surface area (TPSA) is 38.5 Å². The van der Waals surface area contributed by atoms with Gasteiger partial charge in [0, 0.05) is 18.3 Å². The molecule has 0 spiro atoms. The van der Waals surface area contributed by atoms with Crippen molar-refractivity contribution in [2.75, 3.05) is 18.6 Å². The van der Waals surface area contributed by atoms with Gasteiger partial charge in [-0.2, -0.15) is 0 Å². The van der Waals surface area contributed by atoms with Crippen molar-refractivity contribution in [1.29, 1.82) is 0 Å². The first-order valence-electron chi connectivity index (χ1n) is 7.45. The maximum absolute atomic E-state index is 6.30. The smallest absolute Gasteiger partial charge is 0.118 e. The van der Waals surface area contributed by atoms with Gasteiger partial charge in [0.1, 0.15) is 5.75 Å². The second-order valence-electron chi connectivity index (χ2n) is 5.65. The largest absolute Gasteiger partial charge is 0.497 e. The van der Waals surface area contributed by atoms with E-state index >= 15 is 0 Å². The molecule has 1 aliphatic heterocycles. The van der Waals surface area contributed by atoms with E-state index in [1.807, 2.05) is 12.1 Å². The number of anilines is 1. The second kappa shape index (κ2) is 5.78. The van der Waals surface area contributed by atoms with E-state index in [1.54, 1.807) is 7.11 Å². The Balaban J connectivity index is 1.95. The van der Waals surface area contributed by atoms with Crippen molar-refractivity contribution in [3.8, 4) is 5.75 Å². The first-order chi connectivity index (χ1) is 10.2. The Hall–Kier alpha value is -2.00. The van der Waals surface area contributed by atoms with Gasteiger partial charge < -0.3 is 15.4 Å². The first-order valence-corrected chi connectivity index (χ1v) is 7.45. The number of hydrogen-bond donors (Lipinski definition) is 1. The highest BCUT2D eigenvalue weighted by Crippen LogP contribution is 2.36. The fraction of sp³-hybridized carbons (Fsp3) is 0.333. The van der Waals surface area contributed by atoms with Gasteiger partial charge in [0.15, 0.2) is 0 Å². The summed E-state index contributed by atoms with van der Waals surface area (Å²) in [5.41, 5.74) is 10.3. The predicted molar refractivity (Wildman–Crippen MR) is 86.9 cm³/mol. The zero-order chi connectivity index (χ0) is 14.8. The summed E-state index contributed by atoms with van der Waals surface area (Å²) in [5, 5.41) is 0. The highest BCUT2D eigenvalue weighted by atomic mass is 16.5. The number of nitrogens with two attached hydrogens (primary N) is 1. The van der Waals surface area contributed by atoms with Crippen LogP contribution in [0.4, 0.5) is 5.69 Å². The van der Waals surface area contributed by atoms with Crippen LogP contribution in [-0.4, -0.2) is 19.7 Å². The second-order valence-corrected chi connectivity index (χ2v) is 5.65. The summed E-state index contributed by atoms with van der Waals surface area (Å²) in [5.74, 6) is 0.879. The lowest BCUT2D eigenvalue weighted by Gasteiger charge is -2.33. The van der Waals surface area contributed by atoms with Crippen molar-refractivity contribution >= 4 is 5.69 Å². The van der Waals surface area contributed by atoms with Crippen LogP contribution in [0.15, 0.2) is 48.5 Å². The number of para-hydroxylation sites is 1. The molecular formula is C18H22N2O. The number of methoxy groups -OCH3 is 1. The lowest BCUT2D eigenvalue weighted by molar-refractivity contribution is 0.414. The Kier molecular flexibility index (Phi) is 3.84. The Morgan fingerprint density at radius 3 is 2.48 bits per heavy atom. The van der Waals surface area contributed by atoms with Gasteiger partial charge in [-0.25, -0.2) is 0 Å². The summed E-state index contributed by atoms with van der Waals surface area (Å²) in [4.78, 5) is 2.43. The third kappa shape index (κ3) is 2.61. The van der Waals surface area contributed by atoms with Gasteiger partial charge in [-0.1, -0.05) is 30.3 Å². The molecule has 2 aromatic rings. The molecule has 2 unspecified atom stereocenters. The van der Waals surface area contributed by atoms with Crippen LogP contribution in [0, 0.1) is 0 Å². The van der Waals surface area contributed by atoms with Crippen molar-refractivity contribution < 1.29 is 4.74 Å². The van der Waals surface area contributed by atoms with Crippen molar-refractivity contribution in [2.45, 2.75) is 25.4 Å². The third-order valence-electron chi connectivity index (χ3n) is 4.21. The molecule has 1 heterocycles. The van der Waals surface area contributed by atoms with Crippen LogP contribution in [-0.2, 0) is 6.42 Å². The monoisotopic (exact) mass is 282 g/mol. The summed E-state index contributed by atoms with van der Waals surface area (Å²) < 4.78 is 5.25. The van der Waals surface area contributed by atoms with Crippen LogP contribution >= 0.6 is 0 Å². The highest BCUT2D eigenvalue weighted by Gasteiger charge is 2.29. The average Bonchev–Trinajstić information content (AvgIpc) is 2.92. The van der Waals surface area contributed by atoms with E-state index < -0.39 is 0 Å². The molecule has 0 bridgehead atoms. The molecule has 0 saturated carbocycles. The number of benzene rings is 2. The van der Waals surface area contributed by atoms with E-state index in [0.717, 1.165) is 18.7 Å². The van der Waals surface area contributed by atoms with Crippen LogP contribution < -0.4 is 15.4 Å². The van der Waals surface area contributed by atoms with E-state index in [0.29, 0.717) is 0 Å². The minimum atomic E-state index is 0.0598. The third-order valence-corrected chi connectivity index (χ3v) is 4.21. The Bertz CT molecular complexity index is 607. The summed E-state index contributed by atoms with van der Waals surface area (Å²) in [7, 11) is 1.69. The summed E-state index contributed by atoms with van der Waals surface area (Å²) in [6.07, 6.45) is 1.09. The molecular weight excluding hydrogens is 260 g/mol. The Labute approximate surface area is 126 Å². The van der Waals surface area contributed by atoms with Gasteiger partial charge in [0.2, 0.25) is 0 Å². The Morgan fingerprint density at radius 1 is 1.10 bits per heavy atom. The van der Waals surface area contributed by atoms with Crippen LogP contribution in [0.3, 0.4) is 0 Å². The fourth-order valence-electron chi connectivity index (χ4n) is 3.22. The molecule has 110 valence electrons. The fourth-order valence-corrected chi connectivity index (χ4v) is 3.22. The van der Waals surface area contributed by atoms with E-state index in [1.165, 1.54) is 16.8 Å². The molecule has 0 saturated heterocycles. The number of fused-ring (bicyclic) bond motifs is 1. The molecule has 21 heavy (non-hydrogen) atoms. The molecule has 1 aliphatic rings. The molecule has 3 heteroatoms. The van der Waals surface area contributed by atoms with Gasteiger partial charge in [0.25, 0.3) is 0 Å². The molecule has 0 radical (unpaired) electrons. The minimum absolute atomic E-state index is 0.0598. The summed E-state index contributed by atoms with van der Waals surface area (Å²) in [6.45, 7) is 3.10. The molecule has 2 N–H and O–H groups in total. The Morgan fingerprint density at radius 2 is 1.81 bits per heavy atom. The van der Waals surface area contributed by atoms with Gasteiger partial charge in [-0.3, -0.25) is 0 Å². The molecule has 3 rings (SSSR count). The summed E-state index contributed by atoms with van der Waals surface area (Å²) in [6, 6.07) is 17.1. The lowest BCUT2D eigenvalue weighted by Crippen LogP contribution is -2.38. The number of rotatable bonds is 4. The van der Waals surface area contributed by atoms with Gasteiger partial charge in [-0.05, 0) is 42.7 Å². The lowest BCUT2D eigenvalue weighted by atomic mass is 9.99. The zero-order valence-corrected chi connectivity index (χ0v) is 12.6. The van der Waals surface area contributed by atoms with Crippen LogP contribution in [0.1, 0.15) is 24.1 Å². The molecule has 2 aromatic carbocycles. The number of ether oxygens (including phenoxy) is 1. The van der Waals surface area contributed by atoms with E-state index in [2.05, 4.69) is 48.2 Å². The van der Waals surface area contributed by atoms with Crippen molar-refractivity contribution in [3.63, 3.8) is 0 Å². The number of nitrogens with zero attached hydrogens (tertiary/aromatic N) is 1. The van der Waals surface area contributed by atoms with Crippen molar-refractivity contribution in [1.82, 2.24) is 0 Å². The van der Waals surface area contributed by atoms with Crippen molar-refractivity contribution in [3.05, 3.63) is 59.7 Å². The first kappa shape index (κ1) is 14.0. The SMILES string of the molecule is COc1ccc(C(C(C)N)N2CCc3ccccc32)cc1. The van der Waals surface area contributed by atoms with E-state index in [9.17, 15) is 0 Å². The minimum Gasteiger partial charge on any atom is -0.497 e. The van der Waals surface area contributed by atoms with Gasteiger partial charge >= 0.3 is 0 Å². The quantitative estimate of drug-likeness (QED) is 0.936. The zero-order valence-electron chi connectivity index (χ0n) is 12.6. The predicted octanol–water partition coefficient (Wildman–Crippen LogP) is 3.15. The molecule has 0 aliphatic carbocycles. The van der Waals surface area contributed by atoms with Crippen LogP contribution in [0.5, 0.6) is 5.75 Å². The van der Waals surface area contributed by atoms with Crippen molar-refractivity contribution in [2.24, 2.45) is 5.73 Å². The molecule has 3 nitrogen and oxygen atoms in total. The molecule has 2 atom stereocenters. The molecule has 0 aromatic heterocycles. The maximum Gasteiger partial charge on any atom is 0.118 e. The summed E-state index contributed by atoms with van der Waals surface area (Å²) >= 11 is 0. The van der Waals surface area contributed by atoms with Gasteiger partial charge in [0.05, 0.1) is 13.2 Å². The molecule has 0 fully saturated rings. The van der Waals surface area contributed by atoms with Crippen LogP contribution in [0.2, 0.25) is 0 Å². The standard InChI is InChI=1S/C18H22N2O/c1-13(19)18(15-7-9-16(21-2)10-8-15)20-12-11-14-5-3-4-6-17(14)20/h3-10,13,18H,11-12,19H2,1-2H3. The number of hydrogen-bond acceptors (Lipinski definition) is 3.